The number of piperidine rings is 1. The van der Waals surface area contributed by atoms with Crippen LogP contribution >= 0.6 is 0 Å². The van der Waals surface area contributed by atoms with Gasteiger partial charge in [0, 0.05) is 37.5 Å². The number of benzene rings is 1. The second-order valence-corrected chi connectivity index (χ2v) is 6.64. The quantitative estimate of drug-likeness (QED) is 0.843. The molecular weight excluding hydrogens is 318 g/mol. The molecule has 1 atom stereocenters. The number of imidazole rings is 1. The first kappa shape index (κ1) is 16.0. The molecule has 6 heteroatoms. The summed E-state index contributed by atoms with van der Waals surface area (Å²) >= 11 is 0. The fourth-order valence-electron chi connectivity index (χ4n) is 3.62. The van der Waals surface area contributed by atoms with Crippen LogP contribution in [-0.4, -0.2) is 46.7 Å². The third kappa shape index (κ3) is 3.21. The van der Waals surface area contributed by atoms with Crippen molar-refractivity contribution in [3.63, 3.8) is 0 Å². The average molecular weight is 341 g/mol. The van der Waals surface area contributed by atoms with Gasteiger partial charge in [-0.05, 0) is 38.0 Å². The van der Waals surface area contributed by atoms with Crippen LogP contribution in [0.4, 0.5) is 0 Å². The van der Waals surface area contributed by atoms with Crippen molar-refractivity contribution < 1.29 is 14.3 Å². The number of ether oxygens (including phenoxy) is 2. The first-order valence-electron chi connectivity index (χ1n) is 8.91. The van der Waals surface area contributed by atoms with Crippen molar-refractivity contribution in [3.8, 4) is 11.5 Å². The highest BCUT2D eigenvalue weighted by atomic mass is 16.5. The fourth-order valence-corrected chi connectivity index (χ4v) is 3.62. The van der Waals surface area contributed by atoms with Gasteiger partial charge in [-0.3, -0.25) is 4.79 Å². The zero-order valence-electron chi connectivity index (χ0n) is 14.5. The van der Waals surface area contributed by atoms with E-state index in [-0.39, 0.29) is 5.91 Å². The average Bonchev–Trinajstić information content (AvgIpc) is 2.93. The van der Waals surface area contributed by atoms with E-state index >= 15 is 0 Å². The molecular formula is C19H23N3O3. The summed E-state index contributed by atoms with van der Waals surface area (Å²) in [6, 6.07) is 5.78. The highest BCUT2D eigenvalue weighted by Gasteiger charge is 2.26. The number of carbonyl (C=O) groups is 1. The molecule has 0 radical (unpaired) electrons. The number of carbonyl (C=O) groups excluding carboxylic acids is 1. The number of fused-ring (bicyclic) bond motifs is 1. The van der Waals surface area contributed by atoms with Gasteiger partial charge >= 0.3 is 0 Å². The topological polar surface area (TPSA) is 56.6 Å². The summed E-state index contributed by atoms with van der Waals surface area (Å²) in [4.78, 5) is 19.2. The van der Waals surface area contributed by atoms with Crippen LogP contribution < -0.4 is 9.47 Å². The van der Waals surface area contributed by atoms with Crippen LogP contribution in [0.2, 0.25) is 0 Å². The minimum atomic E-state index is 0.0538. The van der Waals surface area contributed by atoms with Crippen LogP contribution in [0.1, 0.15) is 41.5 Å². The van der Waals surface area contributed by atoms with Crippen LogP contribution in [0, 0.1) is 6.92 Å². The lowest BCUT2D eigenvalue weighted by molar-refractivity contribution is 0.0678. The van der Waals surface area contributed by atoms with Gasteiger partial charge in [-0.25, -0.2) is 4.98 Å². The van der Waals surface area contributed by atoms with E-state index in [0.29, 0.717) is 37.1 Å². The fraction of sp³-hybridized carbons (Fsp3) is 0.474. The molecule has 0 N–H and O–H groups in total. The molecule has 1 aromatic heterocycles. The van der Waals surface area contributed by atoms with E-state index in [4.69, 9.17) is 9.47 Å². The molecule has 0 spiro atoms. The number of rotatable bonds is 2. The van der Waals surface area contributed by atoms with Gasteiger partial charge in [-0.1, -0.05) is 0 Å². The van der Waals surface area contributed by atoms with E-state index in [1.165, 1.54) is 0 Å². The second-order valence-electron chi connectivity index (χ2n) is 6.64. The Kier molecular flexibility index (Phi) is 4.34. The molecule has 2 aromatic rings. The number of nitrogens with zero attached hydrogens (tertiary/aromatic N) is 3. The van der Waals surface area contributed by atoms with E-state index in [9.17, 15) is 4.79 Å². The maximum Gasteiger partial charge on any atom is 0.254 e. The highest BCUT2D eigenvalue weighted by Crippen LogP contribution is 2.31. The molecule has 25 heavy (non-hydrogen) atoms. The number of hydrogen-bond acceptors (Lipinski definition) is 4. The number of hydrogen-bond donors (Lipinski definition) is 0. The molecule has 3 heterocycles. The maximum atomic E-state index is 13.0. The first-order valence-corrected chi connectivity index (χ1v) is 8.91. The summed E-state index contributed by atoms with van der Waals surface area (Å²) in [6.45, 7) is 4.78. The highest BCUT2D eigenvalue weighted by molar-refractivity contribution is 5.95. The Bertz CT molecular complexity index is 771. The molecule has 1 saturated heterocycles. The first-order chi connectivity index (χ1) is 12.2. The summed E-state index contributed by atoms with van der Waals surface area (Å²) in [7, 11) is 0. The smallest absolute Gasteiger partial charge is 0.254 e. The van der Waals surface area contributed by atoms with Crippen molar-refractivity contribution in [1.82, 2.24) is 14.5 Å². The predicted molar refractivity (Wildman–Crippen MR) is 93.2 cm³/mol. The molecule has 6 nitrogen and oxygen atoms in total. The van der Waals surface area contributed by atoms with E-state index in [1.807, 2.05) is 42.4 Å². The Morgan fingerprint density at radius 1 is 1.20 bits per heavy atom. The van der Waals surface area contributed by atoms with E-state index in [0.717, 1.165) is 37.4 Å². The summed E-state index contributed by atoms with van der Waals surface area (Å²) < 4.78 is 13.5. The molecule has 0 saturated carbocycles. The van der Waals surface area contributed by atoms with Crippen LogP contribution in [0.5, 0.6) is 11.5 Å². The Morgan fingerprint density at radius 2 is 2.04 bits per heavy atom. The molecule has 4 rings (SSSR count). The lowest BCUT2D eigenvalue weighted by Crippen LogP contribution is -2.40. The van der Waals surface area contributed by atoms with Gasteiger partial charge in [-0.15, -0.1) is 0 Å². The van der Waals surface area contributed by atoms with Gasteiger partial charge < -0.3 is 18.9 Å². The second kappa shape index (κ2) is 6.78. The minimum Gasteiger partial charge on any atom is -0.490 e. The monoisotopic (exact) mass is 341 g/mol. The van der Waals surface area contributed by atoms with Gasteiger partial charge in [-0.2, -0.15) is 0 Å². The molecule has 2 aliphatic rings. The molecule has 132 valence electrons. The molecule has 2 aliphatic heterocycles. The number of aromatic nitrogens is 2. The largest absolute Gasteiger partial charge is 0.490 e. The number of aryl methyl sites for hydroxylation is 1. The SMILES string of the molecule is Cc1nccn1C1CCCN(C(=O)c2ccc3c(c2)OCCCO3)C1. The van der Waals surface area contributed by atoms with Gasteiger partial charge in [0.15, 0.2) is 11.5 Å². The summed E-state index contributed by atoms with van der Waals surface area (Å²) in [5.41, 5.74) is 0.659. The van der Waals surface area contributed by atoms with E-state index in [1.54, 1.807) is 0 Å². The molecule has 0 bridgehead atoms. The number of amides is 1. The van der Waals surface area contributed by atoms with Gasteiger partial charge in [0.1, 0.15) is 5.82 Å². The predicted octanol–water partition coefficient (Wildman–Crippen LogP) is 2.83. The summed E-state index contributed by atoms with van der Waals surface area (Å²) in [5.74, 6) is 2.44. The third-order valence-corrected chi connectivity index (χ3v) is 4.93. The Labute approximate surface area is 147 Å². The third-order valence-electron chi connectivity index (χ3n) is 4.93. The van der Waals surface area contributed by atoms with Crippen LogP contribution in [0.25, 0.3) is 0 Å². The minimum absolute atomic E-state index is 0.0538. The Hall–Kier alpha value is -2.50. The van der Waals surface area contributed by atoms with E-state index < -0.39 is 0 Å². The molecule has 1 aromatic carbocycles. The summed E-state index contributed by atoms with van der Waals surface area (Å²) in [5, 5.41) is 0. The Balaban J connectivity index is 1.52. The molecule has 0 aliphatic carbocycles. The van der Waals surface area contributed by atoms with Gasteiger partial charge in [0.25, 0.3) is 5.91 Å². The zero-order chi connectivity index (χ0) is 17.2. The number of likely N-dealkylation sites (tertiary alicyclic amines) is 1. The van der Waals surface area contributed by atoms with E-state index in [2.05, 4.69) is 9.55 Å². The van der Waals surface area contributed by atoms with Crippen molar-refractivity contribution in [2.24, 2.45) is 0 Å². The summed E-state index contributed by atoms with van der Waals surface area (Å²) in [6.07, 6.45) is 6.75. The Morgan fingerprint density at radius 3 is 2.84 bits per heavy atom. The van der Waals surface area contributed by atoms with Crippen molar-refractivity contribution in [2.75, 3.05) is 26.3 Å². The van der Waals surface area contributed by atoms with Crippen molar-refractivity contribution in [1.29, 1.82) is 0 Å². The maximum absolute atomic E-state index is 13.0. The lowest BCUT2D eigenvalue weighted by atomic mass is 10.0. The zero-order valence-corrected chi connectivity index (χ0v) is 14.5. The van der Waals surface area contributed by atoms with Crippen LogP contribution in [0.3, 0.4) is 0 Å². The van der Waals surface area contributed by atoms with Crippen LogP contribution in [-0.2, 0) is 0 Å². The normalized spacial score (nSPS) is 20.2. The lowest BCUT2D eigenvalue weighted by Gasteiger charge is -2.34. The molecule has 1 unspecified atom stereocenters. The van der Waals surface area contributed by atoms with Crippen LogP contribution in [0.15, 0.2) is 30.6 Å². The standard InChI is InChI=1S/C19H23N3O3/c1-14-20-7-9-22(14)16-4-2-8-21(13-16)19(23)15-5-6-17-18(12-15)25-11-3-10-24-17/h5-7,9,12,16H,2-4,8,10-11,13H2,1H3. The van der Waals surface area contributed by atoms with Crippen molar-refractivity contribution in [3.05, 3.63) is 42.0 Å². The molecule has 1 amide bonds. The molecule has 1 fully saturated rings. The van der Waals surface area contributed by atoms with Crippen molar-refractivity contribution >= 4 is 5.91 Å². The van der Waals surface area contributed by atoms with Gasteiger partial charge in [0.05, 0.1) is 19.3 Å². The van der Waals surface area contributed by atoms with Gasteiger partial charge in [0.2, 0.25) is 0 Å². The van der Waals surface area contributed by atoms with Crippen molar-refractivity contribution in [2.45, 2.75) is 32.2 Å².